The molecular weight excluding hydrogens is 456 g/mol. The van der Waals surface area contributed by atoms with E-state index in [4.69, 9.17) is 9.47 Å². The molecule has 3 heterocycles. The van der Waals surface area contributed by atoms with Gasteiger partial charge in [-0.25, -0.2) is 13.8 Å². The molecule has 0 aliphatic rings. The van der Waals surface area contributed by atoms with Crippen molar-refractivity contribution in [2.24, 2.45) is 0 Å². The predicted molar refractivity (Wildman–Crippen MR) is 129 cm³/mol. The second kappa shape index (κ2) is 10.4. The third kappa shape index (κ3) is 5.28. The van der Waals surface area contributed by atoms with Crippen LogP contribution in [0.4, 0.5) is 8.78 Å². The average Bonchev–Trinajstić information content (AvgIpc) is 3.47. The largest absolute Gasteiger partial charge is 0.494 e. The Bertz CT molecular complexity index is 1290. The molecule has 1 unspecified atom stereocenters. The number of pyridine rings is 1. The van der Waals surface area contributed by atoms with Crippen molar-refractivity contribution >= 4 is 11.0 Å². The third-order valence-electron chi connectivity index (χ3n) is 5.77. The van der Waals surface area contributed by atoms with Crippen molar-refractivity contribution in [3.63, 3.8) is 0 Å². The van der Waals surface area contributed by atoms with Crippen LogP contribution in [0, 0.1) is 11.6 Å². The molecule has 10 heteroatoms. The molecule has 4 aromatic rings. The number of aliphatic hydroxyl groups is 1. The summed E-state index contributed by atoms with van der Waals surface area (Å²) in [6.07, 6.45) is 6.32. The highest BCUT2D eigenvalue weighted by Crippen LogP contribution is 2.34. The fourth-order valence-corrected chi connectivity index (χ4v) is 3.91. The number of nitrogens with zero attached hydrogens (tertiary/aromatic N) is 3. The number of hydrogen-bond acceptors (Lipinski definition) is 6. The maximum absolute atomic E-state index is 14.9. The molecule has 35 heavy (non-hydrogen) atoms. The molecule has 0 saturated carbocycles. The minimum atomic E-state index is -0.768. The maximum Gasteiger partial charge on any atom is 0.171 e. The molecule has 0 saturated heterocycles. The highest BCUT2D eigenvalue weighted by molar-refractivity contribution is 5.84. The lowest BCUT2D eigenvalue weighted by Crippen LogP contribution is -2.34. The molecule has 0 bridgehead atoms. The highest BCUT2D eigenvalue weighted by Gasteiger charge is 2.21. The Hall–Kier alpha value is -3.50. The van der Waals surface area contributed by atoms with Gasteiger partial charge in [0, 0.05) is 65.7 Å². The molecule has 0 aliphatic heterocycles. The number of ether oxygens (including phenoxy) is 2. The first-order chi connectivity index (χ1) is 16.8. The number of aliphatic hydroxyl groups excluding tert-OH is 1. The second-order valence-corrected chi connectivity index (χ2v) is 8.67. The monoisotopic (exact) mass is 485 g/mol. The third-order valence-corrected chi connectivity index (χ3v) is 5.77. The molecule has 3 N–H and O–H groups in total. The summed E-state index contributed by atoms with van der Waals surface area (Å²) in [7, 11) is 2.64. The van der Waals surface area contributed by atoms with Gasteiger partial charge in [0.05, 0.1) is 33.1 Å². The van der Waals surface area contributed by atoms with Crippen LogP contribution in [0.5, 0.6) is 11.5 Å². The fourth-order valence-electron chi connectivity index (χ4n) is 3.91. The van der Waals surface area contributed by atoms with Crippen LogP contribution < -0.4 is 14.8 Å². The number of benzene rings is 1. The Labute approximate surface area is 201 Å². The zero-order valence-corrected chi connectivity index (χ0v) is 20.1. The van der Waals surface area contributed by atoms with Gasteiger partial charge in [0.2, 0.25) is 0 Å². The van der Waals surface area contributed by atoms with Crippen LogP contribution in [0.15, 0.2) is 36.9 Å². The molecule has 4 rings (SSSR count). The van der Waals surface area contributed by atoms with Crippen LogP contribution in [0.2, 0.25) is 0 Å². The van der Waals surface area contributed by atoms with E-state index in [9.17, 15) is 13.9 Å². The number of methoxy groups -OCH3 is 2. The SMILES string of the molecule is COc1cc(OC)c(F)c(Cc2c[nH]c3ncc(-c4cnn(CC(O)CNC(C)C)c4)cc23)c1F. The second-order valence-electron chi connectivity index (χ2n) is 8.67. The van der Waals surface area contributed by atoms with E-state index < -0.39 is 17.7 Å². The van der Waals surface area contributed by atoms with Gasteiger partial charge in [-0.05, 0) is 11.6 Å². The van der Waals surface area contributed by atoms with Crippen molar-refractivity contribution in [1.82, 2.24) is 25.1 Å². The quantitative estimate of drug-likeness (QED) is 0.317. The van der Waals surface area contributed by atoms with Crippen LogP contribution in [0.3, 0.4) is 0 Å². The maximum atomic E-state index is 14.9. The van der Waals surface area contributed by atoms with Crippen molar-refractivity contribution in [2.75, 3.05) is 20.8 Å². The van der Waals surface area contributed by atoms with Crippen LogP contribution >= 0.6 is 0 Å². The van der Waals surface area contributed by atoms with Crippen molar-refractivity contribution in [3.05, 3.63) is 59.7 Å². The van der Waals surface area contributed by atoms with Crippen LogP contribution in [-0.4, -0.2) is 57.8 Å². The van der Waals surface area contributed by atoms with E-state index in [2.05, 4.69) is 20.4 Å². The lowest BCUT2D eigenvalue weighted by molar-refractivity contribution is 0.144. The van der Waals surface area contributed by atoms with E-state index in [-0.39, 0.29) is 29.5 Å². The van der Waals surface area contributed by atoms with Gasteiger partial charge in [-0.3, -0.25) is 4.68 Å². The minimum Gasteiger partial charge on any atom is -0.494 e. The van der Waals surface area contributed by atoms with Crippen molar-refractivity contribution in [2.45, 2.75) is 39.0 Å². The van der Waals surface area contributed by atoms with E-state index in [1.807, 2.05) is 26.1 Å². The van der Waals surface area contributed by atoms with Gasteiger partial charge in [-0.15, -0.1) is 0 Å². The number of nitrogens with one attached hydrogen (secondary N) is 2. The number of hydrogen-bond donors (Lipinski definition) is 3. The average molecular weight is 486 g/mol. The Kier molecular flexibility index (Phi) is 7.32. The van der Waals surface area contributed by atoms with Gasteiger partial charge in [0.1, 0.15) is 5.65 Å². The smallest absolute Gasteiger partial charge is 0.171 e. The Morgan fingerprint density at radius 3 is 2.46 bits per heavy atom. The van der Waals surface area contributed by atoms with Gasteiger partial charge in [-0.2, -0.15) is 5.10 Å². The number of H-pyrrole nitrogens is 1. The molecule has 0 spiro atoms. The summed E-state index contributed by atoms with van der Waals surface area (Å²) >= 11 is 0. The first-order valence-corrected chi connectivity index (χ1v) is 11.3. The molecule has 186 valence electrons. The molecule has 0 radical (unpaired) electrons. The number of aromatic nitrogens is 4. The van der Waals surface area contributed by atoms with Crippen LogP contribution in [-0.2, 0) is 13.0 Å². The summed E-state index contributed by atoms with van der Waals surface area (Å²) < 4.78 is 41.6. The summed E-state index contributed by atoms with van der Waals surface area (Å²) in [4.78, 5) is 7.52. The van der Waals surface area contributed by atoms with E-state index in [0.29, 0.717) is 24.3 Å². The number of rotatable bonds is 10. The first-order valence-electron chi connectivity index (χ1n) is 11.3. The van der Waals surface area contributed by atoms with Crippen molar-refractivity contribution in [3.8, 4) is 22.6 Å². The zero-order valence-electron chi connectivity index (χ0n) is 20.1. The predicted octanol–water partition coefficient (Wildman–Crippen LogP) is 3.67. The number of fused-ring (bicyclic) bond motifs is 1. The van der Waals surface area contributed by atoms with Gasteiger partial charge in [0.25, 0.3) is 0 Å². The van der Waals surface area contributed by atoms with Gasteiger partial charge >= 0.3 is 0 Å². The zero-order chi connectivity index (χ0) is 25.1. The minimum absolute atomic E-state index is 0.0231. The lowest BCUT2D eigenvalue weighted by Gasteiger charge is -2.13. The lowest BCUT2D eigenvalue weighted by atomic mass is 10.0. The van der Waals surface area contributed by atoms with E-state index >= 15 is 0 Å². The molecule has 3 aromatic heterocycles. The van der Waals surface area contributed by atoms with Crippen LogP contribution in [0.25, 0.3) is 22.2 Å². The summed E-state index contributed by atoms with van der Waals surface area (Å²) in [5.74, 6) is -1.71. The summed E-state index contributed by atoms with van der Waals surface area (Å²) in [5, 5.41) is 18.5. The topological polar surface area (TPSA) is 97.2 Å². The molecule has 0 fully saturated rings. The molecule has 1 aromatic carbocycles. The first kappa shape index (κ1) is 24.6. The van der Waals surface area contributed by atoms with E-state index in [1.165, 1.54) is 20.3 Å². The van der Waals surface area contributed by atoms with Gasteiger partial charge in [-0.1, -0.05) is 13.8 Å². The Morgan fingerprint density at radius 1 is 1.09 bits per heavy atom. The van der Waals surface area contributed by atoms with Gasteiger partial charge < -0.3 is 24.9 Å². The van der Waals surface area contributed by atoms with E-state index in [0.717, 1.165) is 16.5 Å². The molecule has 1 atom stereocenters. The highest BCUT2D eigenvalue weighted by atomic mass is 19.1. The molecular formula is C25H29F2N5O3. The summed E-state index contributed by atoms with van der Waals surface area (Å²) in [5.41, 5.74) is 2.73. The number of halogens is 2. The normalized spacial score (nSPS) is 12.5. The van der Waals surface area contributed by atoms with E-state index in [1.54, 1.807) is 23.3 Å². The Balaban J connectivity index is 1.61. The summed E-state index contributed by atoms with van der Waals surface area (Å²) in [6.45, 7) is 4.85. The van der Waals surface area contributed by atoms with Gasteiger partial charge in [0.15, 0.2) is 23.1 Å². The fraction of sp³-hybridized carbons (Fsp3) is 0.360. The standard InChI is InChI=1S/C25H29F2N5O3/c1-14(2)28-11-18(33)13-32-12-17(10-31-32)15-5-19-16(9-30-25(19)29-8-15)6-20-23(26)21(34-3)7-22(35-4)24(20)27/h5,7-10,12,14,18,28,33H,6,11,13H2,1-4H3,(H,29,30). The van der Waals surface area contributed by atoms with Crippen LogP contribution in [0.1, 0.15) is 25.0 Å². The Morgan fingerprint density at radius 2 is 1.80 bits per heavy atom. The molecule has 0 amide bonds. The summed E-state index contributed by atoms with van der Waals surface area (Å²) in [6, 6.07) is 3.38. The molecule has 8 nitrogen and oxygen atoms in total. The van der Waals surface area contributed by atoms with Crippen molar-refractivity contribution in [1.29, 1.82) is 0 Å². The molecule has 0 aliphatic carbocycles. The van der Waals surface area contributed by atoms with Crippen molar-refractivity contribution < 1.29 is 23.4 Å². The number of aromatic amines is 1.